The molecule has 3 heterocycles. The van der Waals surface area contributed by atoms with Crippen LogP contribution in [0.1, 0.15) is 40.9 Å². The maximum atomic E-state index is 13.6. The lowest BCUT2D eigenvalue weighted by atomic mass is 9.89. The number of halogens is 3. The number of H-pyrrole nitrogens is 1. The number of hydrogen-bond donors (Lipinski definition) is 2. The van der Waals surface area contributed by atoms with E-state index < -0.39 is 29.4 Å². The van der Waals surface area contributed by atoms with Crippen molar-refractivity contribution in [1.29, 1.82) is 5.26 Å². The molecule has 1 atom stereocenters. The van der Waals surface area contributed by atoms with Crippen LogP contribution in [0.25, 0.3) is 0 Å². The number of aromatic amines is 1. The molecule has 2 aromatic heterocycles. The van der Waals surface area contributed by atoms with Crippen molar-refractivity contribution in [1.82, 2.24) is 19.7 Å². The van der Waals surface area contributed by atoms with Gasteiger partial charge in [-0.3, -0.25) is 14.7 Å². The number of esters is 1. The molecule has 4 aromatic rings. The summed E-state index contributed by atoms with van der Waals surface area (Å²) in [6.07, 6.45) is -2.92. The minimum Gasteiger partial charge on any atom is -0.483 e. The van der Waals surface area contributed by atoms with Gasteiger partial charge in [-0.2, -0.15) is 18.4 Å². The number of anilines is 2. The van der Waals surface area contributed by atoms with Crippen molar-refractivity contribution in [2.24, 2.45) is 0 Å². The third kappa shape index (κ3) is 7.23. The van der Waals surface area contributed by atoms with Crippen LogP contribution in [0.5, 0.6) is 0 Å². The van der Waals surface area contributed by atoms with Crippen molar-refractivity contribution in [3.05, 3.63) is 117 Å². The zero-order valence-corrected chi connectivity index (χ0v) is 25.8. The summed E-state index contributed by atoms with van der Waals surface area (Å²) in [6.45, 7) is 2.23. The molecule has 0 fully saturated rings. The Hall–Kier alpha value is -5.75. The van der Waals surface area contributed by atoms with Crippen molar-refractivity contribution in [2.75, 3.05) is 26.1 Å². The lowest BCUT2D eigenvalue weighted by molar-refractivity contribution is -0.917. The number of carbonyl (C=O) groups is 2. The standard InChI is InChI=1S/C31H28F3N7O3.CH2O2/c1-19-26(28(42)44-4)27(40-29(37-38-30(40)43)39(19)24-10-7-8-22(15-24)31(32,33)34)25-12-11-20(16-35)14-21(25)17-41(2,3)18-23-9-5-6-13-36-23;2-1-3/h5-15,27H,17-18H2,1-4H3;1H,(H,2,3)/p+1/t27-;/m1./s1. The molecular formula is C32H31F3N7O5+. The van der Waals surface area contributed by atoms with Gasteiger partial charge in [-0.1, -0.05) is 18.2 Å². The first-order chi connectivity index (χ1) is 22.3. The summed E-state index contributed by atoms with van der Waals surface area (Å²) in [5.74, 6) is -0.789. The first-order valence-corrected chi connectivity index (χ1v) is 14.0. The van der Waals surface area contributed by atoms with Crippen molar-refractivity contribution >= 4 is 24.1 Å². The summed E-state index contributed by atoms with van der Waals surface area (Å²) in [7, 11) is 5.17. The largest absolute Gasteiger partial charge is 0.483 e. The minimum absolute atomic E-state index is 0.0120. The molecule has 0 amide bonds. The molecule has 0 radical (unpaired) electrons. The second-order valence-electron chi connectivity index (χ2n) is 11.2. The Morgan fingerprint density at radius 1 is 1.15 bits per heavy atom. The Morgan fingerprint density at radius 2 is 1.87 bits per heavy atom. The Morgan fingerprint density at radius 3 is 2.49 bits per heavy atom. The number of methoxy groups -OCH3 is 1. The fraction of sp³-hybridized carbons (Fsp3) is 0.250. The first-order valence-electron chi connectivity index (χ1n) is 14.0. The molecule has 244 valence electrons. The smallest absolute Gasteiger partial charge is 0.416 e. The number of allylic oxidation sites excluding steroid dienone is 1. The molecule has 2 N–H and O–H groups in total. The van der Waals surface area contributed by atoms with Gasteiger partial charge < -0.3 is 14.3 Å². The maximum absolute atomic E-state index is 13.6. The Balaban J connectivity index is 0.00000160. The normalized spacial score (nSPS) is 14.4. The molecular weight excluding hydrogens is 619 g/mol. The number of aromatic nitrogens is 4. The van der Waals surface area contributed by atoms with Crippen LogP contribution in [0.2, 0.25) is 0 Å². The van der Waals surface area contributed by atoms with E-state index in [0.717, 1.165) is 17.8 Å². The van der Waals surface area contributed by atoms with Gasteiger partial charge in [-0.25, -0.2) is 19.3 Å². The second kappa shape index (κ2) is 13.7. The number of nitriles is 1. The van der Waals surface area contributed by atoms with Crippen LogP contribution in [0, 0.1) is 11.3 Å². The molecule has 47 heavy (non-hydrogen) atoms. The van der Waals surface area contributed by atoms with Crippen LogP contribution < -0.4 is 10.6 Å². The van der Waals surface area contributed by atoms with E-state index in [1.54, 1.807) is 31.3 Å². The highest BCUT2D eigenvalue weighted by Crippen LogP contribution is 2.44. The first kappa shape index (κ1) is 34.1. The summed E-state index contributed by atoms with van der Waals surface area (Å²) in [5.41, 5.74) is 1.15. The molecule has 5 rings (SSSR count). The van der Waals surface area contributed by atoms with Gasteiger partial charge in [0.15, 0.2) is 0 Å². The lowest BCUT2D eigenvalue weighted by Gasteiger charge is -2.37. The van der Waals surface area contributed by atoms with Crippen molar-refractivity contribution < 1.29 is 37.1 Å². The number of benzene rings is 2. The van der Waals surface area contributed by atoms with Crippen LogP contribution in [0.15, 0.2) is 82.9 Å². The van der Waals surface area contributed by atoms with Gasteiger partial charge in [0.2, 0.25) is 5.95 Å². The molecule has 12 nitrogen and oxygen atoms in total. The molecule has 1 aliphatic rings. The van der Waals surface area contributed by atoms with Crippen LogP contribution in [-0.2, 0) is 33.6 Å². The number of nitrogens with one attached hydrogen (secondary N) is 1. The minimum atomic E-state index is -4.62. The van der Waals surface area contributed by atoms with Gasteiger partial charge in [0.05, 0.1) is 49.7 Å². The average Bonchev–Trinajstić information content (AvgIpc) is 3.40. The molecule has 0 saturated heterocycles. The number of hydrogen-bond acceptors (Lipinski definition) is 8. The van der Waals surface area contributed by atoms with Gasteiger partial charge in [0, 0.05) is 23.1 Å². The van der Waals surface area contributed by atoms with E-state index in [2.05, 4.69) is 21.3 Å². The Labute approximate surface area is 267 Å². The van der Waals surface area contributed by atoms with Gasteiger partial charge >= 0.3 is 17.8 Å². The number of fused-ring (bicyclic) bond motifs is 1. The van der Waals surface area contributed by atoms with E-state index in [1.807, 2.05) is 32.3 Å². The zero-order chi connectivity index (χ0) is 34.5. The SMILES string of the molecule is COC(=O)C1=C(C)N(c2cccc(C(F)(F)F)c2)c2n[nH]c(=O)n2[C@@H]1c1ccc(C#N)cc1C[N+](C)(C)Cc1ccccn1.O=CO. The van der Waals surface area contributed by atoms with E-state index >= 15 is 0 Å². The van der Waals surface area contributed by atoms with E-state index in [9.17, 15) is 28.0 Å². The number of carboxylic acid groups (broad SMARTS) is 1. The predicted molar refractivity (Wildman–Crippen MR) is 163 cm³/mol. The van der Waals surface area contributed by atoms with Crippen LogP contribution in [0.3, 0.4) is 0 Å². The maximum Gasteiger partial charge on any atom is 0.416 e. The van der Waals surface area contributed by atoms with Crippen molar-refractivity contribution in [2.45, 2.75) is 32.2 Å². The fourth-order valence-corrected chi connectivity index (χ4v) is 5.60. The predicted octanol–water partition coefficient (Wildman–Crippen LogP) is 4.52. The second-order valence-corrected chi connectivity index (χ2v) is 11.2. The molecule has 0 aliphatic carbocycles. The highest BCUT2D eigenvalue weighted by Gasteiger charge is 2.41. The number of nitrogens with zero attached hydrogens (tertiary/aromatic N) is 6. The molecule has 0 bridgehead atoms. The van der Waals surface area contributed by atoms with E-state index in [0.29, 0.717) is 34.3 Å². The number of quaternary nitrogens is 1. The van der Waals surface area contributed by atoms with Gasteiger partial charge in [0.25, 0.3) is 6.47 Å². The van der Waals surface area contributed by atoms with Crippen LogP contribution in [0.4, 0.5) is 24.8 Å². The monoisotopic (exact) mass is 650 g/mol. The topological polar surface area (TPSA) is 154 Å². The highest BCUT2D eigenvalue weighted by molar-refractivity contribution is 5.93. The number of pyridine rings is 1. The summed E-state index contributed by atoms with van der Waals surface area (Å²) in [6, 6.07) is 16.2. The van der Waals surface area contributed by atoms with E-state index in [1.165, 1.54) is 28.7 Å². The Kier molecular flexibility index (Phi) is 9.96. The van der Waals surface area contributed by atoms with Gasteiger partial charge in [-0.15, -0.1) is 5.10 Å². The lowest BCUT2D eigenvalue weighted by Crippen LogP contribution is -2.40. The average molecular weight is 651 g/mol. The third-order valence-corrected chi connectivity index (χ3v) is 7.46. The third-order valence-electron chi connectivity index (χ3n) is 7.46. The quantitative estimate of drug-likeness (QED) is 0.167. The molecule has 0 unspecified atom stereocenters. The molecule has 0 saturated carbocycles. The fourth-order valence-electron chi connectivity index (χ4n) is 5.60. The number of alkyl halides is 3. The summed E-state index contributed by atoms with van der Waals surface area (Å²) in [5, 5.41) is 23.2. The Bertz CT molecular complexity index is 1910. The highest BCUT2D eigenvalue weighted by atomic mass is 19.4. The summed E-state index contributed by atoms with van der Waals surface area (Å²) < 4.78 is 47.7. The van der Waals surface area contributed by atoms with Gasteiger partial charge in [-0.05, 0) is 55.0 Å². The van der Waals surface area contributed by atoms with Gasteiger partial charge in [0.1, 0.15) is 19.1 Å². The molecule has 15 heteroatoms. The van der Waals surface area contributed by atoms with Crippen LogP contribution >= 0.6 is 0 Å². The van der Waals surface area contributed by atoms with Crippen molar-refractivity contribution in [3.63, 3.8) is 0 Å². The summed E-state index contributed by atoms with van der Waals surface area (Å²) in [4.78, 5) is 41.0. The number of carbonyl (C=O) groups excluding carboxylic acids is 1. The molecule has 2 aromatic carbocycles. The molecule has 1 aliphatic heterocycles. The van der Waals surface area contributed by atoms with Crippen LogP contribution in [-0.4, -0.2) is 63.0 Å². The summed E-state index contributed by atoms with van der Waals surface area (Å²) >= 11 is 0. The number of rotatable bonds is 7. The van der Waals surface area contributed by atoms with E-state index in [4.69, 9.17) is 14.6 Å². The van der Waals surface area contributed by atoms with E-state index in [-0.39, 0.29) is 29.4 Å². The van der Waals surface area contributed by atoms with Crippen molar-refractivity contribution in [3.8, 4) is 6.07 Å². The zero-order valence-electron chi connectivity index (χ0n) is 25.8. The molecule has 0 spiro atoms. The number of ether oxygens (including phenoxy) is 1.